The Labute approximate surface area is 140 Å². The molecule has 2 aromatic rings. The molecule has 120 valence electrons. The normalized spacial score (nSPS) is 10.2. The van der Waals surface area contributed by atoms with Crippen molar-refractivity contribution in [3.05, 3.63) is 64.2 Å². The zero-order valence-corrected chi connectivity index (χ0v) is 13.9. The van der Waals surface area contributed by atoms with Gasteiger partial charge in [-0.05, 0) is 43.2 Å². The van der Waals surface area contributed by atoms with Crippen molar-refractivity contribution in [3.8, 4) is 0 Å². The van der Waals surface area contributed by atoms with Gasteiger partial charge in [0.15, 0.2) is 0 Å². The van der Waals surface area contributed by atoms with Gasteiger partial charge in [0.2, 0.25) is 11.8 Å². The summed E-state index contributed by atoms with van der Waals surface area (Å²) in [5.74, 6) is -0.452. The molecule has 0 aliphatic heterocycles. The Morgan fingerprint density at radius 1 is 1.04 bits per heavy atom. The number of benzene rings is 2. The molecule has 0 fully saturated rings. The molecule has 0 saturated carbocycles. The summed E-state index contributed by atoms with van der Waals surface area (Å²) in [6.07, 6.45) is 0.259. The average molecular weight is 331 g/mol. The van der Waals surface area contributed by atoms with Gasteiger partial charge in [0.1, 0.15) is 0 Å². The Balaban J connectivity index is 1.83. The Bertz CT molecular complexity index is 729. The Hall–Kier alpha value is -2.33. The Morgan fingerprint density at radius 2 is 1.83 bits per heavy atom. The largest absolute Gasteiger partial charge is 0.347 e. The van der Waals surface area contributed by atoms with E-state index in [0.717, 1.165) is 16.7 Å². The van der Waals surface area contributed by atoms with Crippen LogP contribution in [-0.2, 0) is 16.0 Å². The van der Waals surface area contributed by atoms with E-state index >= 15 is 0 Å². The number of aryl methyl sites for hydroxylation is 2. The first-order valence-corrected chi connectivity index (χ1v) is 7.70. The van der Waals surface area contributed by atoms with E-state index in [9.17, 15) is 9.59 Å². The van der Waals surface area contributed by atoms with Crippen LogP contribution in [0.5, 0.6) is 0 Å². The van der Waals surface area contributed by atoms with Gasteiger partial charge in [-0.25, -0.2) is 0 Å². The number of amides is 2. The molecule has 2 N–H and O–H groups in total. The smallest absolute Gasteiger partial charge is 0.243 e. The number of carbonyl (C=O) groups is 2. The second kappa shape index (κ2) is 7.79. The summed E-state index contributed by atoms with van der Waals surface area (Å²) in [5.41, 5.74) is 3.59. The number of rotatable bonds is 5. The van der Waals surface area contributed by atoms with Crippen molar-refractivity contribution in [2.75, 3.05) is 11.9 Å². The topological polar surface area (TPSA) is 58.2 Å². The molecule has 0 unspecified atom stereocenters. The second-order valence-electron chi connectivity index (χ2n) is 5.45. The summed E-state index contributed by atoms with van der Waals surface area (Å²) < 4.78 is 0. The molecule has 0 radical (unpaired) electrons. The summed E-state index contributed by atoms with van der Waals surface area (Å²) in [4.78, 5) is 23.8. The highest BCUT2D eigenvalue weighted by Crippen LogP contribution is 2.19. The predicted molar refractivity (Wildman–Crippen MR) is 92.7 cm³/mol. The number of hydrogen-bond donors (Lipinski definition) is 2. The van der Waals surface area contributed by atoms with Crippen LogP contribution in [-0.4, -0.2) is 18.4 Å². The van der Waals surface area contributed by atoms with Crippen molar-refractivity contribution in [2.45, 2.75) is 20.3 Å². The second-order valence-corrected chi connectivity index (χ2v) is 5.89. The first-order valence-electron chi connectivity index (χ1n) is 7.32. The lowest BCUT2D eigenvalue weighted by Crippen LogP contribution is -2.33. The fraction of sp³-hybridized carbons (Fsp3) is 0.222. The van der Waals surface area contributed by atoms with E-state index < -0.39 is 0 Å². The van der Waals surface area contributed by atoms with Crippen LogP contribution >= 0.6 is 11.6 Å². The number of hydrogen-bond acceptors (Lipinski definition) is 2. The van der Waals surface area contributed by atoms with E-state index in [-0.39, 0.29) is 24.8 Å². The van der Waals surface area contributed by atoms with Crippen molar-refractivity contribution in [3.63, 3.8) is 0 Å². The van der Waals surface area contributed by atoms with Crippen molar-refractivity contribution < 1.29 is 9.59 Å². The van der Waals surface area contributed by atoms with Crippen LogP contribution in [0.2, 0.25) is 5.02 Å². The van der Waals surface area contributed by atoms with Crippen LogP contribution in [0, 0.1) is 13.8 Å². The summed E-state index contributed by atoms with van der Waals surface area (Å²) in [5, 5.41) is 6.00. The molecule has 5 heteroatoms. The maximum atomic E-state index is 11.9. The number of anilines is 1. The number of halogens is 1. The molecular weight excluding hydrogens is 312 g/mol. The van der Waals surface area contributed by atoms with Crippen LogP contribution in [0.15, 0.2) is 42.5 Å². The quantitative estimate of drug-likeness (QED) is 0.884. The molecular formula is C18H19ClN2O2. The third-order valence-electron chi connectivity index (χ3n) is 3.36. The average Bonchev–Trinajstić information content (AvgIpc) is 2.48. The van der Waals surface area contributed by atoms with Crippen LogP contribution in [0.1, 0.15) is 16.7 Å². The standard InChI is InChI=1S/C18H19ClN2O2/c1-12-4-3-5-14(8-12)10-17(22)20-11-18(23)21-16-7-6-15(19)9-13(16)2/h3-9H,10-11H2,1-2H3,(H,20,22)(H,21,23). The van der Waals surface area contributed by atoms with Crippen LogP contribution in [0.25, 0.3) is 0 Å². The molecule has 0 spiro atoms. The third-order valence-corrected chi connectivity index (χ3v) is 3.59. The summed E-state index contributed by atoms with van der Waals surface area (Å²) >= 11 is 5.87. The van der Waals surface area contributed by atoms with Crippen molar-refractivity contribution in [1.82, 2.24) is 5.32 Å². The minimum absolute atomic E-state index is 0.0628. The van der Waals surface area contributed by atoms with Gasteiger partial charge in [-0.2, -0.15) is 0 Å². The van der Waals surface area contributed by atoms with E-state index in [4.69, 9.17) is 11.6 Å². The molecule has 4 nitrogen and oxygen atoms in total. The maximum absolute atomic E-state index is 11.9. The van der Waals surface area contributed by atoms with E-state index in [1.54, 1.807) is 18.2 Å². The lowest BCUT2D eigenvalue weighted by molar-refractivity contribution is -0.123. The first-order chi connectivity index (χ1) is 10.9. The Kier molecular flexibility index (Phi) is 5.77. The van der Waals surface area contributed by atoms with Gasteiger partial charge in [-0.1, -0.05) is 41.4 Å². The lowest BCUT2D eigenvalue weighted by Gasteiger charge is -2.10. The van der Waals surface area contributed by atoms with Gasteiger partial charge in [0, 0.05) is 10.7 Å². The monoisotopic (exact) mass is 330 g/mol. The van der Waals surface area contributed by atoms with E-state index in [2.05, 4.69) is 10.6 Å². The van der Waals surface area contributed by atoms with Gasteiger partial charge in [-0.15, -0.1) is 0 Å². The van der Waals surface area contributed by atoms with Crippen molar-refractivity contribution >= 4 is 29.1 Å². The molecule has 0 bridgehead atoms. The number of nitrogens with one attached hydrogen (secondary N) is 2. The van der Waals surface area contributed by atoms with Crippen LogP contribution in [0.3, 0.4) is 0 Å². The molecule has 2 aromatic carbocycles. The molecule has 0 aliphatic rings. The van der Waals surface area contributed by atoms with Crippen LogP contribution < -0.4 is 10.6 Å². The Morgan fingerprint density at radius 3 is 2.52 bits per heavy atom. The first kappa shape index (κ1) is 17.0. The minimum atomic E-state index is -0.270. The summed E-state index contributed by atoms with van der Waals surface area (Å²) in [6.45, 7) is 3.77. The molecule has 2 rings (SSSR count). The lowest BCUT2D eigenvalue weighted by atomic mass is 10.1. The highest BCUT2D eigenvalue weighted by molar-refractivity contribution is 6.30. The van der Waals surface area contributed by atoms with Crippen LogP contribution in [0.4, 0.5) is 5.69 Å². The highest BCUT2D eigenvalue weighted by Gasteiger charge is 2.08. The molecule has 0 atom stereocenters. The number of carbonyl (C=O) groups excluding carboxylic acids is 2. The van der Waals surface area contributed by atoms with Gasteiger partial charge in [-0.3, -0.25) is 9.59 Å². The molecule has 0 saturated heterocycles. The zero-order valence-electron chi connectivity index (χ0n) is 13.2. The zero-order chi connectivity index (χ0) is 16.8. The van der Waals surface area contributed by atoms with Crippen molar-refractivity contribution in [2.24, 2.45) is 0 Å². The summed E-state index contributed by atoms with van der Waals surface area (Å²) in [7, 11) is 0. The van der Waals surface area contributed by atoms with Crippen molar-refractivity contribution in [1.29, 1.82) is 0 Å². The van der Waals surface area contributed by atoms with Gasteiger partial charge in [0.25, 0.3) is 0 Å². The summed E-state index contributed by atoms with van der Waals surface area (Å²) in [6, 6.07) is 13.0. The maximum Gasteiger partial charge on any atom is 0.243 e. The van der Waals surface area contributed by atoms with E-state index in [0.29, 0.717) is 10.7 Å². The molecule has 0 heterocycles. The van der Waals surface area contributed by atoms with Gasteiger partial charge >= 0.3 is 0 Å². The van der Waals surface area contributed by atoms with E-state index in [1.165, 1.54) is 0 Å². The van der Waals surface area contributed by atoms with Gasteiger partial charge in [0.05, 0.1) is 13.0 Å². The SMILES string of the molecule is Cc1cccc(CC(=O)NCC(=O)Nc2ccc(Cl)cc2C)c1. The van der Waals surface area contributed by atoms with Gasteiger partial charge < -0.3 is 10.6 Å². The van der Waals surface area contributed by atoms with E-state index in [1.807, 2.05) is 38.1 Å². The molecule has 0 aliphatic carbocycles. The molecule has 23 heavy (non-hydrogen) atoms. The highest BCUT2D eigenvalue weighted by atomic mass is 35.5. The third kappa shape index (κ3) is 5.42. The minimum Gasteiger partial charge on any atom is -0.347 e. The molecule has 0 aromatic heterocycles. The predicted octanol–water partition coefficient (Wildman–Crippen LogP) is 3.25. The fourth-order valence-corrected chi connectivity index (χ4v) is 2.44. The molecule has 2 amide bonds. The fourth-order valence-electron chi connectivity index (χ4n) is 2.21.